The summed E-state index contributed by atoms with van der Waals surface area (Å²) >= 11 is 0. The van der Waals surface area contributed by atoms with Crippen molar-refractivity contribution < 1.29 is 15.0 Å². The van der Waals surface area contributed by atoms with Crippen molar-refractivity contribution in [3.8, 4) is 0 Å². The smallest absolute Gasteiger partial charge is 0.306 e. The van der Waals surface area contributed by atoms with Gasteiger partial charge in [0.2, 0.25) is 0 Å². The number of hydrogen-bond donors (Lipinski definition) is 2. The van der Waals surface area contributed by atoms with Crippen LogP contribution in [-0.4, -0.2) is 22.8 Å². The molecular weight excluding hydrogens is 300 g/mol. The van der Waals surface area contributed by atoms with Gasteiger partial charge in [-0.25, -0.2) is 0 Å². The van der Waals surface area contributed by atoms with Gasteiger partial charge in [0.25, 0.3) is 0 Å². The molecule has 0 aromatic rings. The van der Waals surface area contributed by atoms with Crippen molar-refractivity contribution in [3.63, 3.8) is 0 Å². The lowest BCUT2D eigenvalue weighted by molar-refractivity contribution is -0.142. The molecule has 3 heteroatoms. The molecule has 0 amide bonds. The van der Waals surface area contributed by atoms with E-state index in [1.54, 1.807) is 0 Å². The molecule has 0 heterocycles. The summed E-state index contributed by atoms with van der Waals surface area (Å²) in [7, 11) is 0. The quantitative estimate of drug-likeness (QED) is 0.270. The Hall–Kier alpha value is -0.570. The molecule has 0 bridgehead atoms. The van der Waals surface area contributed by atoms with E-state index in [4.69, 9.17) is 5.11 Å². The van der Waals surface area contributed by atoms with Crippen LogP contribution in [0.4, 0.5) is 0 Å². The molecule has 1 atom stereocenters. The van der Waals surface area contributed by atoms with E-state index >= 15 is 0 Å². The van der Waals surface area contributed by atoms with Crippen LogP contribution >= 0.6 is 0 Å². The summed E-state index contributed by atoms with van der Waals surface area (Å²) in [6, 6.07) is 0. The van der Waals surface area contributed by atoms with Crippen LogP contribution in [0.25, 0.3) is 0 Å². The average molecular weight is 343 g/mol. The molecule has 3 nitrogen and oxygen atoms in total. The first-order valence-electron chi connectivity index (χ1n) is 10.6. The Morgan fingerprint density at radius 3 is 1.42 bits per heavy atom. The topological polar surface area (TPSA) is 57.5 Å². The molecule has 0 aromatic carbocycles. The Bertz CT molecular complexity index is 266. The Labute approximate surface area is 150 Å². The number of carbonyl (C=O) groups is 1. The predicted octanol–water partition coefficient (Wildman–Crippen LogP) is 6.33. The van der Waals surface area contributed by atoms with E-state index in [9.17, 15) is 9.90 Å². The minimum absolute atomic E-state index is 0.172. The minimum Gasteiger partial charge on any atom is -0.481 e. The fourth-order valence-electron chi connectivity index (χ4n) is 3.30. The molecule has 24 heavy (non-hydrogen) atoms. The third-order valence-electron chi connectivity index (χ3n) is 4.97. The monoisotopic (exact) mass is 342 g/mol. The number of hydrogen-bond acceptors (Lipinski definition) is 2. The molecule has 1 unspecified atom stereocenters. The normalized spacial score (nSPS) is 12.4. The van der Waals surface area contributed by atoms with Crippen molar-refractivity contribution >= 4 is 5.97 Å². The lowest BCUT2D eigenvalue weighted by Crippen LogP contribution is -2.13. The molecule has 0 saturated heterocycles. The zero-order chi connectivity index (χ0) is 17.9. The predicted molar refractivity (Wildman–Crippen MR) is 102 cm³/mol. The summed E-state index contributed by atoms with van der Waals surface area (Å²) in [5, 5.41) is 18.0. The molecule has 0 aliphatic rings. The van der Waals surface area contributed by atoms with Crippen LogP contribution in [0.1, 0.15) is 116 Å². The van der Waals surface area contributed by atoms with E-state index in [1.807, 2.05) is 0 Å². The molecule has 0 aliphatic heterocycles. The second kappa shape index (κ2) is 18.8. The van der Waals surface area contributed by atoms with Crippen molar-refractivity contribution in [2.75, 3.05) is 6.61 Å². The summed E-state index contributed by atoms with van der Waals surface area (Å²) in [5.74, 6) is -0.865. The lowest BCUT2D eigenvalue weighted by Gasteiger charge is -2.11. The van der Waals surface area contributed by atoms with E-state index in [1.165, 1.54) is 77.0 Å². The molecule has 0 aromatic heterocycles. The standard InChI is InChI=1S/C21H42O3/c1-2-3-4-5-6-7-8-9-10-11-12-13-14-17-20(21(23)24)18-15-16-19-22/h20,22H,2-19H2,1H3,(H,23,24). The fourth-order valence-corrected chi connectivity index (χ4v) is 3.30. The number of aliphatic carboxylic acids is 1. The molecule has 2 N–H and O–H groups in total. The molecule has 144 valence electrons. The average Bonchev–Trinajstić information content (AvgIpc) is 2.57. The second-order valence-electron chi connectivity index (χ2n) is 7.29. The highest BCUT2D eigenvalue weighted by Gasteiger charge is 2.15. The molecule has 0 radical (unpaired) electrons. The van der Waals surface area contributed by atoms with Gasteiger partial charge >= 0.3 is 5.97 Å². The molecule has 0 aliphatic carbocycles. The van der Waals surface area contributed by atoms with Gasteiger partial charge in [-0.05, 0) is 19.3 Å². The number of aliphatic hydroxyl groups is 1. The summed E-state index contributed by atoms with van der Waals surface area (Å²) < 4.78 is 0. The van der Waals surface area contributed by atoms with Gasteiger partial charge in [0.05, 0.1) is 5.92 Å². The number of carboxylic acids is 1. The molecule has 0 spiro atoms. The number of rotatable bonds is 19. The number of aliphatic hydroxyl groups excluding tert-OH is 1. The zero-order valence-electron chi connectivity index (χ0n) is 16.1. The van der Waals surface area contributed by atoms with Crippen LogP contribution in [0.5, 0.6) is 0 Å². The third kappa shape index (κ3) is 16.3. The van der Waals surface area contributed by atoms with Gasteiger partial charge in [-0.3, -0.25) is 4.79 Å². The highest BCUT2D eigenvalue weighted by Crippen LogP contribution is 2.18. The highest BCUT2D eigenvalue weighted by molar-refractivity contribution is 5.69. The van der Waals surface area contributed by atoms with Crippen molar-refractivity contribution in [1.82, 2.24) is 0 Å². The maximum Gasteiger partial charge on any atom is 0.306 e. The van der Waals surface area contributed by atoms with Gasteiger partial charge in [0, 0.05) is 6.61 Å². The number of unbranched alkanes of at least 4 members (excludes halogenated alkanes) is 13. The van der Waals surface area contributed by atoms with Gasteiger partial charge in [-0.2, -0.15) is 0 Å². The summed E-state index contributed by atoms with van der Waals surface area (Å²) in [6.07, 6.45) is 20.3. The van der Waals surface area contributed by atoms with Gasteiger partial charge in [0.15, 0.2) is 0 Å². The number of carboxylic acid groups (broad SMARTS) is 1. The van der Waals surface area contributed by atoms with Crippen LogP contribution in [0.15, 0.2) is 0 Å². The van der Waals surface area contributed by atoms with Gasteiger partial charge < -0.3 is 10.2 Å². The first-order chi connectivity index (χ1) is 11.7. The van der Waals surface area contributed by atoms with Crippen molar-refractivity contribution in [3.05, 3.63) is 0 Å². The first kappa shape index (κ1) is 23.4. The Balaban J connectivity index is 3.32. The third-order valence-corrected chi connectivity index (χ3v) is 4.97. The fraction of sp³-hybridized carbons (Fsp3) is 0.952. The Morgan fingerprint density at radius 1 is 0.667 bits per heavy atom. The van der Waals surface area contributed by atoms with Crippen molar-refractivity contribution in [2.45, 2.75) is 116 Å². The summed E-state index contributed by atoms with van der Waals surface area (Å²) in [6.45, 7) is 2.43. The van der Waals surface area contributed by atoms with E-state index in [2.05, 4.69) is 6.92 Å². The van der Waals surface area contributed by atoms with Gasteiger partial charge in [-0.1, -0.05) is 96.8 Å². The maximum absolute atomic E-state index is 11.2. The maximum atomic E-state index is 11.2. The van der Waals surface area contributed by atoms with Crippen LogP contribution in [0, 0.1) is 5.92 Å². The Morgan fingerprint density at radius 2 is 1.04 bits per heavy atom. The zero-order valence-corrected chi connectivity index (χ0v) is 16.1. The molecular formula is C21H42O3. The second-order valence-corrected chi connectivity index (χ2v) is 7.29. The largest absolute Gasteiger partial charge is 0.481 e. The SMILES string of the molecule is CCCCCCCCCCCCCCCC(CCCCO)C(=O)O. The van der Waals surface area contributed by atoms with Crippen LogP contribution in [-0.2, 0) is 4.79 Å². The highest BCUT2D eigenvalue weighted by atomic mass is 16.4. The van der Waals surface area contributed by atoms with Crippen LogP contribution in [0.2, 0.25) is 0 Å². The minimum atomic E-state index is -0.660. The lowest BCUT2D eigenvalue weighted by atomic mass is 9.95. The van der Waals surface area contributed by atoms with Crippen LogP contribution in [0.3, 0.4) is 0 Å². The Kier molecular flexibility index (Phi) is 18.3. The molecule has 0 saturated carbocycles. The van der Waals surface area contributed by atoms with Gasteiger partial charge in [0.1, 0.15) is 0 Å². The van der Waals surface area contributed by atoms with Crippen LogP contribution < -0.4 is 0 Å². The van der Waals surface area contributed by atoms with E-state index in [-0.39, 0.29) is 12.5 Å². The van der Waals surface area contributed by atoms with E-state index in [0.717, 1.165) is 25.7 Å². The van der Waals surface area contributed by atoms with Crippen molar-refractivity contribution in [2.24, 2.45) is 5.92 Å². The van der Waals surface area contributed by atoms with Crippen molar-refractivity contribution in [1.29, 1.82) is 0 Å². The van der Waals surface area contributed by atoms with E-state index < -0.39 is 5.97 Å². The van der Waals surface area contributed by atoms with E-state index in [0.29, 0.717) is 6.42 Å². The summed E-state index contributed by atoms with van der Waals surface area (Å²) in [4.78, 5) is 11.2. The first-order valence-corrected chi connectivity index (χ1v) is 10.6. The summed E-state index contributed by atoms with van der Waals surface area (Å²) in [5.41, 5.74) is 0. The van der Waals surface area contributed by atoms with Gasteiger partial charge in [-0.15, -0.1) is 0 Å². The molecule has 0 rings (SSSR count). The molecule has 0 fully saturated rings.